The van der Waals surface area contributed by atoms with E-state index in [2.05, 4.69) is 5.32 Å². The SMILES string of the molecule is CC1NC(=O)C(C(C)C)N(C2CCC2)C1=O. The van der Waals surface area contributed by atoms with Crippen LogP contribution in [-0.2, 0) is 9.59 Å². The van der Waals surface area contributed by atoms with Gasteiger partial charge in [-0.1, -0.05) is 13.8 Å². The highest BCUT2D eigenvalue weighted by molar-refractivity contribution is 5.97. The molecule has 1 heterocycles. The van der Waals surface area contributed by atoms with E-state index >= 15 is 0 Å². The minimum absolute atomic E-state index is 0.00833. The molecule has 2 aliphatic rings. The second-order valence-corrected chi connectivity index (χ2v) is 5.25. The van der Waals surface area contributed by atoms with Gasteiger partial charge in [0.15, 0.2) is 0 Å². The Morgan fingerprint density at radius 3 is 2.38 bits per heavy atom. The topological polar surface area (TPSA) is 49.4 Å². The van der Waals surface area contributed by atoms with Crippen molar-refractivity contribution in [3.63, 3.8) is 0 Å². The van der Waals surface area contributed by atoms with Crippen LogP contribution in [0.15, 0.2) is 0 Å². The molecular formula is C12H20N2O2. The molecule has 16 heavy (non-hydrogen) atoms. The molecular weight excluding hydrogens is 204 g/mol. The van der Waals surface area contributed by atoms with Crippen LogP contribution in [0.4, 0.5) is 0 Å². The van der Waals surface area contributed by atoms with Gasteiger partial charge in [-0.15, -0.1) is 0 Å². The van der Waals surface area contributed by atoms with Gasteiger partial charge in [0.1, 0.15) is 12.1 Å². The quantitative estimate of drug-likeness (QED) is 0.758. The van der Waals surface area contributed by atoms with Gasteiger partial charge >= 0.3 is 0 Å². The molecule has 0 bridgehead atoms. The fraction of sp³-hybridized carbons (Fsp3) is 0.833. The van der Waals surface area contributed by atoms with E-state index in [4.69, 9.17) is 0 Å². The van der Waals surface area contributed by atoms with Gasteiger partial charge in [-0.3, -0.25) is 9.59 Å². The van der Waals surface area contributed by atoms with Crippen molar-refractivity contribution in [2.45, 2.75) is 58.2 Å². The number of nitrogens with zero attached hydrogens (tertiary/aromatic N) is 1. The number of carbonyl (C=O) groups is 2. The molecule has 0 spiro atoms. The van der Waals surface area contributed by atoms with Crippen LogP contribution >= 0.6 is 0 Å². The van der Waals surface area contributed by atoms with Crippen molar-refractivity contribution in [1.29, 1.82) is 0 Å². The molecule has 2 amide bonds. The summed E-state index contributed by atoms with van der Waals surface area (Å²) < 4.78 is 0. The first-order chi connectivity index (χ1) is 7.52. The van der Waals surface area contributed by atoms with Crippen LogP contribution in [0, 0.1) is 5.92 Å². The van der Waals surface area contributed by atoms with Gasteiger partial charge in [-0.2, -0.15) is 0 Å². The zero-order valence-electron chi connectivity index (χ0n) is 10.2. The monoisotopic (exact) mass is 224 g/mol. The van der Waals surface area contributed by atoms with Gasteiger partial charge in [0.2, 0.25) is 11.8 Å². The van der Waals surface area contributed by atoms with Crippen molar-refractivity contribution < 1.29 is 9.59 Å². The van der Waals surface area contributed by atoms with E-state index in [1.165, 1.54) is 6.42 Å². The molecule has 1 saturated heterocycles. The second kappa shape index (κ2) is 4.07. The first kappa shape index (κ1) is 11.4. The predicted molar refractivity (Wildman–Crippen MR) is 60.7 cm³/mol. The lowest BCUT2D eigenvalue weighted by molar-refractivity contribution is -0.155. The molecule has 2 unspecified atom stereocenters. The van der Waals surface area contributed by atoms with Gasteiger partial charge in [-0.05, 0) is 32.1 Å². The molecule has 0 aromatic heterocycles. The third kappa shape index (κ3) is 1.70. The maximum absolute atomic E-state index is 12.1. The van der Waals surface area contributed by atoms with Crippen LogP contribution in [0.2, 0.25) is 0 Å². The summed E-state index contributed by atoms with van der Waals surface area (Å²) in [6.45, 7) is 5.76. The number of hydrogen-bond donors (Lipinski definition) is 1. The largest absolute Gasteiger partial charge is 0.343 e. The molecule has 0 aromatic rings. The molecule has 1 aliphatic carbocycles. The van der Waals surface area contributed by atoms with Crippen LogP contribution in [0.5, 0.6) is 0 Å². The second-order valence-electron chi connectivity index (χ2n) is 5.25. The Balaban J connectivity index is 2.24. The molecule has 2 rings (SSSR count). The summed E-state index contributed by atoms with van der Waals surface area (Å²) in [5.74, 6) is 0.272. The molecule has 2 atom stereocenters. The van der Waals surface area contributed by atoms with Gasteiger partial charge in [0.25, 0.3) is 0 Å². The minimum Gasteiger partial charge on any atom is -0.343 e. The van der Waals surface area contributed by atoms with Crippen molar-refractivity contribution in [2.75, 3.05) is 0 Å². The van der Waals surface area contributed by atoms with E-state index in [1.54, 1.807) is 6.92 Å². The van der Waals surface area contributed by atoms with Crippen molar-refractivity contribution in [2.24, 2.45) is 5.92 Å². The fourth-order valence-electron chi connectivity index (χ4n) is 2.54. The van der Waals surface area contributed by atoms with Crippen LogP contribution in [0.25, 0.3) is 0 Å². The van der Waals surface area contributed by atoms with E-state index in [9.17, 15) is 9.59 Å². The van der Waals surface area contributed by atoms with Gasteiger partial charge < -0.3 is 10.2 Å². The predicted octanol–water partition coefficient (Wildman–Crippen LogP) is 0.910. The average molecular weight is 224 g/mol. The van der Waals surface area contributed by atoms with Gasteiger partial charge in [0.05, 0.1) is 0 Å². The third-order valence-electron chi connectivity index (χ3n) is 3.65. The highest BCUT2D eigenvalue weighted by Crippen LogP contribution is 2.30. The number of piperazine rings is 1. The Hall–Kier alpha value is -1.06. The number of hydrogen-bond acceptors (Lipinski definition) is 2. The van der Waals surface area contributed by atoms with E-state index in [1.807, 2.05) is 18.7 Å². The lowest BCUT2D eigenvalue weighted by Crippen LogP contribution is -2.67. The Morgan fingerprint density at radius 1 is 1.31 bits per heavy atom. The molecule has 1 aliphatic heterocycles. The number of carbonyl (C=O) groups excluding carboxylic acids is 2. The highest BCUT2D eigenvalue weighted by atomic mass is 16.2. The van der Waals surface area contributed by atoms with Crippen LogP contribution in [0.1, 0.15) is 40.0 Å². The zero-order chi connectivity index (χ0) is 11.9. The van der Waals surface area contributed by atoms with Crippen LogP contribution < -0.4 is 5.32 Å². The molecule has 4 nitrogen and oxygen atoms in total. The van der Waals surface area contributed by atoms with Crippen molar-refractivity contribution >= 4 is 11.8 Å². The Morgan fingerprint density at radius 2 is 1.94 bits per heavy atom. The summed E-state index contributed by atoms with van der Waals surface area (Å²) in [6, 6.07) is -0.328. The molecule has 2 fully saturated rings. The fourth-order valence-corrected chi connectivity index (χ4v) is 2.54. The summed E-state index contributed by atoms with van der Waals surface area (Å²) in [7, 11) is 0. The maximum Gasteiger partial charge on any atom is 0.245 e. The molecule has 4 heteroatoms. The van der Waals surface area contributed by atoms with Gasteiger partial charge in [-0.25, -0.2) is 0 Å². The van der Waals surface area contributed by atoms with Crippen molar-refractivity contribution in [3.8, 4) is 0 Å². The van der Waals surface area contributed by atoms with Crippen molar-refractivity contribution in [1.82, 2.24) is 10.2 Å². The Bertz CT molecular complexity index is 310. The van der Waals surface area contributed by atoms with Gasteiger partial charge in [0, 0.05) is 6.04 Å². The van der Waals surface area contributed by atoms with E-state index in [0.717, 1.165) is 12.8 Å². The standard InChI is InChI=1S/C12H20N2O2/c1-7(2)10-11(15)13-8(3)12(16)14(10)9-5-4-6-9/h7-10H,4-6H2,1-3H3,(H,13,15). The molecule has 1 saturated carbocycles. The van der Waals surface area contributed by atoms with Crippen molar-refractivity contribution in [3.05, 3.63) is 0 Å². The molecule has 0 radical (unpaired) electrons. The Labute approximate surface area is 96.4 Å². The molecule has 0 aromatic carbocycles. The lowest BCUT2D eigenvalue weighted by Gasteiger charge is -2.47. The van der Waals surface area contributed by atoms with Crippen LogP contribution in [-0.4, -0.2) is 34.8 Å². The molecule has 90 valence electrons. The number of nitrogens with one attached hydrogen (secondary N) is 1. The first-order valence-electron chi connectivity index (χ1n) is 6.15. The summed E-state index contributed by atoms with van der Waals surface area (Å²) in [5.41, 5.74) is 0. The normalized spacial score (nSPS) is 31.6. The smallest absolute Gasteiger partial charge is 0.245 e. The number of rotatable bonds is 2. The molecule has 1 N–H and O–H groups in total. The zero-order valence-corrected chi connectivity index (χ0v) is 10.2. The maximum atomic E-state index is 12.1. The summed E-state index contributed by atoms with van der Waals surface area (Å²) in [5, 5.41) is 2.76. The lowest BCUT2D eigenvalue weighted by atomic mass is 9.86. The number of amides is 2. The Kier molecular flexibility index (Phi) is 2.91. The third-order valence-corrected chi connectivity index (χ3v) is 3.65. The minimum atomic E-state index is -0.358. The highest BCUT2D eigenvalue weighted by Gasteiger charge is 2.44. The van der Waals surface area contributed by atoms with E-state index in [0.29, 0.717) is 6.04 Å². The van der Waals surface area contributed by atoms with Crippen LogP contribution in [0.3, 0.4) is 0 Å². The first-order valence-corrected chi connectivity index (χ1v) is 6.15. The summed E-state index contributed by atoms with van der Waals surface area (Å²) in [4.78, 5) is 25.9. The van der Waals surface area contributed by atoms with E-state index in [-0.39, 0.29) is 29.8 Å². The van der Waals surface area contributed by atoms with E-state index < -0.39 is 0 Å². The summed E-state index contributed by atoms with van der Waals surface area (Å²) >= 11 is 0. The average Bonchev–Trinajstić information content (AvgIpc) is 2.10. The summed E-state index contributed by atoms with van der Waals surface area (Å²) in [6.07, 6.45) is 3.28.